The average molecular weight is 397 g/mol. The van der Waals surface area contributed by atoms with Gasteiger partial charge in [0, 0.05) is 24.4 Å². The Morgan fingerprint density at radius 3 is 2.86 bits per heavy atom. The van der Waals surface area contributed by atoms with Crippen molar-refractivity contribution in [3.8, 4) is 0 Å². The molecule has 7 heteroatoms. The fourth-order valence-corrected chi connectivity index (χ4v) is 3.69. The highest BCUT2D eigenvalue weighted by atomic mass is 32.1. The van der Waals surface area contributed by atoms with E-state index in [2.05, 4.69) is 87.9 Å². The average Bonchev–Trinajstić information content (AvgIpc) is 3.38. The molecule has 0 bridgehead atoms. The molecule has 0 saturated heterocycles. The molecule has 0 saturated carbocycles. The van der Waals surface area contributed by atoms with E-state index >= 15 is 0 Å². The number of hydrogen-bond acceptors (Lipinski definition) is 4. The first kappa shape index (κ1) is 20.1. The van der Waals surface area contributed by atoms with Gasteiger partial charge in [-0.2, -0.15) is 0 Å². The Balaban J connectivity index is 1.66. The van der Waals surface area contributed by atoms with Crippen molar-refractivity contribution in [2.75, 3.05) is 6.54 Å². The molecule has 2 heterocycles. The van der Waals surface area contributed by atoms with E-state index in [1.54, 1.807) is 17.7 Å². The molecule has 0 aliphatic carbocycles. The van der Waals surface area contributed by atoms with Gasteiger partial charge in [0.1, 0.15) is 12.2 Å². The Bertz CT molecular complexity index is 884. The van der Waals surface area contributed by atoms with E-state index in [1.807, 2.05) is 0 Å². The first-order valence-corrected chi connectivity index (χ1v) is 10.5. The van der Waals surface area contributed by atoms with Crippen molar-refractivity contribution in [1.82, 2.24) is 25.4 Å². The number of thiophene rings is 1. The van der Waals surface area contributed by atoms with E-state index in [4.69, 9.17) is 4.99 Å². The highest BCUT2D eigenvalue weighted by Gasteiger charge is 2.09. The summed E-state index contributed by atoms with van der Waals surface area (Å²) in [6, 6.07) is 12.8. The monoisotopic (exact) mass is 396 g/mol. The van der Waals surface area contributed by atoms with Gasteiger partial charge in [-0.25, -0.2) is 4.99 Å². The lowest BCUT2D eigenvalue weighted by Gasteiger charge is -2.18. The maximum absolute atomic E-state index is 4.82. The van der Waals surface area contributed by atoms with Crippen molar-refractivity contribution in [2.45, 2.75) is 46.3 Å². The summed E-state index contributed by atoms with van der Waals surface area (Å²) < 4.78 is 2.08. The first-order valence-electron chi connectivity index (χ1n) is 9.66. The van der Waals surface area contributed by atoms with Gasteiger partial charge >= 0.3 is 0 Å². The van der Waals surface area contributed by atoms with Crippen LogP contribution in [0.2, 0.25) is 0 Å². The van der Waals surface area contributed by atoms with Crippen LogP contribution in [0.15, 0.2) is 53.1 Å². The van der Waals surface area contributed by atoms with Gasteiger partial charge in [-0.15, -0.1) is 21.5 Å². The number of rotatable bonds is 8. The third-order valence-corrected chi connectivity index (χ3v) is 5.70. The molecule has 0 spiro atoms. The summed E-state index contributed by atoms with van der Waals surface area (Å²) >= 11 is 1.75. The standard InChI is InChI=1S/C21H28N6S/c1-4-20-26-24-15-27(20)12-11-22-21(25-17(3)19-10-7-13-28-19)23-14-18-9-6-5-8-16(18)2/h5-10,13,15,17H,4,11-12,14H2,1-3H3,(H2,22,23,25). The van der Waals surface area contributed by atoms with Crippen molar-refractivity contribution in [3.05, 3.63) is 69.9 Å². The van der Waals surface area contributed by atoms with Crippen LogP contribution in [0.4, 0.5) is 0 Å². The SMILES string of the molecule is CCc1nncn1CCNC(=NCc1ccccc1C)NC(C)c1cccs1. The van der Waals surface area contributed by atoms with Crippen molar-refractivity contribution in [2.24, 2.45) is 4.99 Å². The van der Waals surface area contributed by atoms with Crippen LogP contribution >= 0.6 is 11.3 Å². The van der Waals surface area contributed by atoms with Crippen LogP contribution in [0.1, 0.15) is 41.7 Å². The molecular weight excluding hydrogens is 368 g/mol. The number of aryl methyl sites for hydroxylation is 2. The minimum atomic E-state index is 0.198. The van der Waals surface area contributed by atoms with Crippen LogP contribution in [-0.4, -0.2) is 27.3 Å². The van der Waals surface area contributed by atoms with Gasteiger partial charge in [0.05, 0.1) is 12.6 Å². The zero-order valence-electron chi connectivity index (χ0n) is 16.7. The van der Waals surface area contributed by atoms with Gasteiger partial charge in [-0.3, -0.25) is 0 Å². The van der Waals surface area contributed by atoms with Gasteiger partial charge in [-0.05, 0) is 36.4 Å². The van der Waals surface area contributed by atoms with Gasteiger partial charge < -0.3 is 15.2 Å². The summed E-state index contributed by atoms with van der Waals surface area (Å²) in [7, 11) is 0. The molecule has 1 atom stereocenters. The fraction of sp³-hybridized carbons (Fsp3) is 0.381. The molecule has 0 aliphatic heterocycles. The maximum atomic E-state index is 4.82. The molecule has 0 amide bonds. The summed E-state index contributed by atoms with van der Waals surface area (Å²) in [5, 5.41) is 17.2. The third kappa shape index (κ3) is 5.42. The summed E-state index contributed by atoms with van der Waals surface area (Å²) in [6.45, 7) is 8.57. The van der Waals surface area contributed by atoms with Crippen molar-refractivity contribution in [3.63, 3.8) is 0 Å². The summed E-state index contributed by atoms with van der Waals surface area (Å²) in [4.78, 5) is 6.11. The number of hydrogen-bond donors (Lipinski definition) is 2. The first-order chi connectivity index (χ1) is 13.7. The number of nitrogens with zero attached hydrogens (tertiary/aromatic N) is 4. The van der Waals surface area contributed by atoms with Crippen LogP contribution in [0.5, 0.6) is 0 Å². The lowest BCUT2D eigenvalue weighted by molar-refractivity contribution is 0.621. The predicted molar refractivity (Wildman–Crippen MR) is 116 cm³/mol. The number of aromatic nitrogens is 3. The zero-order chi connectivity index (χ0) is 19.8. The maximum Gasteiger partial charge on any atom is 0.192 e. The predicted octanol–water partition coefficient (Wildman–Crippen LogP) is 3.71. The molecule has 6 nitrogen and oxygen atoms in total. The molecule has 3 aromatic rings. The Kier molecular flexibility index (Phi) is 7.19. The third-order valence-electron chi connectivity index (χ3n) is 4.65. The molecule has 2 N–H and O–H groups in total. The molecule has 0 aliphatic rings. The molecule has 148 valence electrons. The smallest absolute Gasteiger partial charge is 0.192 e. The Morgan fingerprint density at radius 2 is 2.11 bits per heavy atom. The van der Waals surface area contributed by atoms with E-state index in [9.17, 15) is 0 Å². The van der Waals surface area contributed by atoms with Crippen molar-refractivity contribution in [1.29, 1.82) is 0 Å². The number of guanidine groups is 1. The Hall–Kier alpha value is -2.67. The molecule has 28 heavy (non-hydrogen) atoms. The second-order valence-corrected chi connectivity index (χ2v) is 7.67. The molecular formula is C21H28N6S. The van der Waals surface area contributed by atoms with Gasteiger partial charge in [0.25, 0.3) is 0 Å². The lowest BCUT2D eigenvalue weighted by atomic mass is 10.1. The topological polar surface area (TPSA) is 67.1 Å². The second kappa shape index (κ2) is 10.0. The van der Waals surface area contributed by atoms with Crippen LogP contribution in [-0.2, 0) is 19.5 Å². The molecule has 0 fully saturated rings. The van der Waals surface area contributed by atoms with Gasteiger partial charge in [-0.1, -0.05) is 37.3 Å². The molecule has 1 unspecified atom stereocenters. The number of benzene rings is 1. The van der Waals surface area contributed by atoms with Gasteiger partial charge in [0.2, 0.25) is 0 Å². The second-order valence-electron chi connectivity index (χ2n) is 6.69. The molecule has 1 aromatic carbocycles. The fourth-order valence-electron chi connectivity index (χ4n) is 2.95. The van der Waals surface area contributed by atoms with Crippen molar-refractivity contribution < 1.29 is 0 Å². The number of nitrogens with one attached hydrogen (secondary N) is 2. The van der Waals surface area contributed by atoms with Crippen molar-refractivity contribution >= 4 is 17.3 Å². The largest absolute Gasteiger partial charge is 0.355 e. The quantitative estimate of drug-likeness (QED) is 0.450. The van der Waals surface area contributed by atoms with E-state index in [-0.39, 0.29) is 6.04 Å². The van der Waals surface area contributed by atoms with Crippen LogP contribution in [0.3, 0.4) is 0 Å². The lowest BCUT2D eigenvalue weighted by Crippen LogP contribution is -2.40. The zero-order valence-corrected chi connectivity index (χ0v) is 17.5. The van der Waals surface area contributed by atoms with E-state index in [1.165, 1.54) is 16.0 Å². The molecule has 3 rings (SSSR count). The van der Waals surface area contributed by atoms with Crippen LogP contribution < -0.4 is 10.6 Å². The van der Waals surface area contributed by atoms with Gasteiger partial charge in [0.15, 0.2) is 5.96 Å². The highest BCUT2D eigenvalue weighted by molar-refractivity contribution is 7.10. The van der Waals surface area contributed by atoms with E-state index < -0.39 is 0 Å². The van der Waals surface area contributed by atoms with Crippen LogP contribution in [0.25, 0.3) is 0 Å². The Morgan fingerprint density at radius 1 is 1.25 bits per heavy atom. The normalized spacial score (nSPS) is 12.8. The molecule has 2 aromatic heterocycles. The van der Waals surface area contributed by atoms with E-state index in [0.717, 1.165) is 31.3 Å². The van der Waals surface area contributed by atoms with E-state index in [0.29, 0.717) is 6.54 Å². The summed E-state index contributed by atoms with van der Waals surface area (Å²) in [5.41, 5.74) is 2.49. The van der Waals surface area contributed by atoms with Crippen LogP contribution in [0, 0.1) is 6.92 Å². The molecule has 0 radical (unpaired) electrons. The number of aliphatic imine (C=N–C) groups is 1. The summed E-state index contributed by atoms with van der Waals surface area (Å²) in [6.07, 6.45) is 2.66. The highest BCUT2D eigenvalue weighted by Crippen LogP contribution is 2.18. The minimum Gasteiger partial charge on any atom is -0.355 e. The minimum absolute atomic E-state index is 0.198. The Labute approximate surface area is 170 Å². The summed E-state index contributed by atoms with van der Waals surface area (Å²) in [5.74, 6) is 1.82.